The second-order valence-corrected chi connectivity index (χ2v) is 8.61. The maximum absolute atomic E-state index is 11.5. The maximum atomic E-state index is 11.5. The molecule has 2 aliphatic carbocycles. The summed E-state index contributed by atoms with van der Waals surface area (Å²) in [6, 6.07) is 4.49. The van der Waals surface area contributed by atoms with E-state index in [4.69, 9.17) is 14.2 Å². The normalized spacial score (nSPS) is 42.5. The first kappa shape index (κ1) is 17.1. The molecule has 2 heterocycles. The number of piperidine rings is 1. The fourth-order valence-corrected chi connectivity index (χ4v) is 6.22. The van der Waals surface area contributed by atoms with E-state index in [9.17, 15) is 9.90 Å². The van der Waals surface area contributed by atoms with Gasteiger partial charge in [0, 0.05) is 30.4 Å². The highest BCUT2D eigenvalue weighted by molar-refractivity contribution is 5.66. The summed E-state index contributed by atoms with van der Waals surface area (Å²) in [6.07, 6.45) is 3.96. The van der Waals surface area contributed by atoms with E-state index in [1.807, 2.05) is 12.1 Å². The number of quaternary nitrogens is 1. The van der Waals surface area contributed by atoms with Gasteiger partial charge in [0.05, 0.1) is 25.6 Å². The number of carbonyl (C=O) groups excluding carboxylic acids is 1. The Kier molecular flexibility index (Phi) is 3.33. The third kappa shape index (κ3) is 1.85. The molecule has 1 aromatic carbocycles. The largest absolute Gasteiger partial charge is 0.493 e. The first-order chi connectivity index (χ1) is 12.8. The third-order valence-electron chi connectivity index (χ3n) is 7.61. The predicted molar refractivity (Wildman–Crippen MR) is 97.4 cm³/mol. The molecule has 2 bridgehead atoms. The molecule has 7 unspecified atom stereocenters. The Morgan fingerprint density at radius 3 is 2.89 bits per heavy atom. The first-order valence-electron chi connectivity index (χ1n) is 9.57. The van der Waals surface area contributed by atoms with Gasteiger partial charge in [0.25, 0.3) is 0 Å². The van der Waals surface area contributed by atoms with Gasteiger partial charge in [-0.3, -0.25) is 9.28 Å². The second-order valence-electron chi connectivity index (χ2n) is 8.61. The number of fused-ring (bicyclic) bond motifs is 2. The fourth-order valence-electron chi connectivity index (χ4n) is 6.22. The lowest BCUT2D eigenvalue weighted by Crippen LogP contribution is -2.66. The van der Waals surface area contributed by atoms with Crippen LogP contribution in [0.5, 0.6) is 11.5 Å². The smallest absolute Gasteiger partial charge is 0.306 e. The van der Waals surface area contributed by atoms with Crippen molar-refractivity contribution >= 4 is 5.97 Å². The zero-order chi connectivity index (χ0) is 19.1. The molecule has 2 aliphatic heterocycles. The second kappa shape index (κ2) is 5.26. The van der Waals surface area contributed by atoms with E-state index in [-0.39, 0.29) is 35.5 Å². The lowest BCUT2D eigenvalue weighted by Gasteiger charge is -2.55. The highest BCUT2D eigenvalue weighted by Crippen LogP contribution is 2.69. The molecule has 6 nitrogen and oxygen atoms in total. The summed E-state index contributed by atoms with van der Waals surface area (Å²) in [5.41, 5.74) is 2.19. The van der Waals surface area contributed by atoms with Crippen molar-refractivity contribution in [3.05, 3.63) is 35.4 Å². The van der Waals surface area contributed by atoms with Crippen LogP contribution >= 0.6 is 0 Å². The Labute approximate surface area is 158 Å². The number of aliphatic hydroxyl groups excluding tert-OH is 1. The van der Waals surface area contributed by atoms with Gasteiger partial charge in [0.1, 0.15) is 18.2 Å². The van der Waals surface area contributed by atoms with Crippen molar-refractivity contribution in [1.82, 2.24) is 0 Å². The molecule has 144 valence electrons. The quantitative estimate of drug-likeness (QED) is 0.500. The van der Waals surface area contributed by atoms with Crippen LogP contribution in [0, 0.1) is 5.92 Å². The van der Waals surface area contributed by atoms with Crippen LogP contribution in [0.1, 0.15) is 37.4 Å². The molecule has 0 saturated carbocycles. The van der Waals surface area contributed by atoms with Crippen molar-refractivity contribution in [2.75, 3.05) is 20.9 Å². The van der Waals surface area contributed by atoms with Crippen LogP contribution in [0.25, 0.3) is 0 Å². The predicted octanol–water partition coefficient (Wildman–Crippen LogP) is 2.05. The molecule has 1 aromatic rings. The Balaban J connectivity index is 1.74. The van der Waals surface area contributed by atoms with Crippen molar-refractivity contribution in [3.8, 4) is 11.5 Å². The molecule has 0 aromatic heterocycles. The molecule has 1 spiro atoms. The molecule has 7 atom stereocenters. The summed E-state index contributed by atoms with van der Waals surface area (Å²) < 4.78 is 18.0. The number of aliphatic hydroxyl groups is 1. The lowest BCUT2D eigenvalue weighted by atomic mass is 9.59. The van der Waals surface area contributed by atoms with Crippen LogP contribution in [0.15, 0.2) is 24.3 Å². The van der Waals surface area contributed by atoms with Crippen molar-refractivity contribution < 1.29 is 28.6 Å². The van der Waals surface area contributed by atoms with Gasteiger partial charge in [-0.1, -0.05) is 12.2 Å². The molecular formula is C21H26NO5+. The van der Waals surface area contributed by atoms with Gasteiger partial charge in [-0.05, 0) is 19.1 Å². The standard InChI is InChI=1S/C21H26NO5/c1-11-14-6-7-16(24)20-21(14)9-15(22(11,3)10-26-12(2)23)13-5-8-17(25-4)19(27-20)18(13)21/h5-8,11,14-16,20,24H,9-10H2,1-4H3/q+1. The fraction of sp³-hybridized carbons (Fsp3) is 0.571. The van der Waals surface area contributed by atoms with Gasteiger partial charge < -0.3 is 19.3 Å². The lowest BCUT2D eigenvalue weighted by molar-refractivity contribution is -0.983. The number of likely N-dealkylation sites (tertiary alicyclic amines) is 1. The number of benzene rings is 1. The van der Waals surface area contributed by atoms with Gasteiger partial charge in [-0.25, -0.2) is 0 Å². The number of esters is 1. The van der Waals surface area contributed by atoms with Crippen LogP contribution in [0.2, 0.25) is 0 Å². The van der Waals surface area contributed by atoms with E-state index < -0.39 is 6.10 Å². The molecule has 0 amide bonds. The zero-order valence-corrected chi connectivity index (χ0v) is 16.1. The minimum atomic E-state index is -0.637. The summed E-state index contributed by atoms with van der Waals surface area (Å²) in [4.78, 5) is 11.5. The van der Waals surface area contributed by atoms with Crippen molar-refractivity contribution in [2.45, 2.75) is 50.0 Å². The van der Waals surface area contributed by atoms with Crippen molar-refractivity contribution in [2.24, 2.45) is 5.92 Å². The molecule has 1 fully saturated rings. The van der Waals surface area contributed by atoms with Crippen LogP contribution < -0.4 is 9.47 Å². The Morgan fingerprint density at radius 1 is 1.41 bits per heavy atom. The topological polar surface area (TPSA) is 65.0 Å². The van der Waals surface area contributed by atoms with Crippen LogP contribution in [-0.2, 0) is 14.9 Å². The highest BCUT2D eigenvalue weighted by Gasteiger charge is 2.72. The minimum absolute atomic E-state index is 0.192. The summed E-state index contributed by atoms with van der Waals surface area (Å²) >= 11 is 0. The minimum Gasteiger partial charge on any atom is -0.493 e. The molecule has 4 aliphatic rings. The van der Waals surface area contributed by atoms with Gasteiger partial charge in [0.15, 0.2) is 11.5 Å². The van der Waals surface area contributed by atoms with E-state index >= 15 is 0 Å². The Bertz CT molecular complexity index is 866. The third-order valence-corrected chi connectivity index (χ3v) is 7.61. The zero-order valence-electron chi connectivity index (χ0n) is 16.1. The van der Waals surface area contributed by atoms with E-state index in [1.54, 1.807) is 7.11 Å². The number of rotatable bonds is 3. The molecule has 1 saturated heterocycles. The number of methoxy groups -OCH3 is 1. The summed E-state index contributed by atoms with van der Waals surface area (Å²) in [5.74, 6) is 1.44. The van der Waals surface area contributed by atoms with E-state index in [0.29, 0.717) is 11.2 Å². The Morgan fingerprint density at radius 2 is 2.19 bits per heavy atom. The van der Waals surface area contributed by atoms with Crippen molar-refractivity contribution in [1.29, 1.82) is 0 Å². The van der Waals surface area contributed by atoms with Crippen molar-refractivity contribution in [3.63, 3.8) is 0 Å². The van der Waals surface area contributed by atoms with Crippen LogP contribution in [-0.4, -0.2) is 54.7 Å². The SMILES string of the molecule is COc1ccc2c3c1OC1C(O)C=CC4C(C)[N+](C)(COC(C)=O)C2CC341. The number of hydrogen-bond acceptors (Lipinski definition) is 5. The van der Waals surface area contributed by atoms with Crippen LogP contribution in [0.4, 0.5) is 0 Å². The van der Waals surface area contributed by atoms with Gasteiger partial charge in [0.2, 0.25) is 6.73 Å². The number of carbonyl (C=O) groups is 1. The molecule has 6 heteroatoms. The number of nitrogens with zero attached hydrogens (tertiary/aromatic N) is 1. The van der Waals surface area contributed by atoms with E-state index in [2.05, 4.69) is 26.1 Å². The molecular weight excluding hydrogens is 346 g/mol. The Hall–Kier alpha value is -2.05. The van der Waals surface area contributed by atoms with Crippen LogP contribution in [0.3, 0.4) is 0 Å². The highest BCUT2D eigenvalue weighted by atomic mass is 16.5. The monoisotopic (exact) mass is 372 g/mol. The molecule has 5 rings (SSSR count). The molecule has 27 heavy (non-hydrogen) atoms. The van der Waals surface area contributed by atoms with Gasteiger partial charge in [-0.2, -0.15) is 0 Å². The summed E-state index contributed by atoms with van der Waals surface area (Å²) in [5, 5.41) is 10.7. The number of ether oxygens (including phenoxy) is 3. The average molecular weight is 372 g/mol. The van der Waals surface area contributed by atoms with E-state index in [1.165, 1.54) is 18.1 Å². The first-order valence-corrected chi connectivity index (χ1v) is 9.57. The number of hydrogen-bond donors (Lipinski definition) is 1. The van der Waals surface area contributed by atoms with Gasteiger partial charge in [-0.15, -0.1) is 0 Å². The van der Waals surface area contributed by atoms with Gasteiger partial charge >= 0.3 is 5.97 Å². The molecule has 0 radical (unpaired) electrons. The maximum Gasteiger partial charge on any atom is 0.306 e. The molecule has 1 N–H and O–H groups in total. The average Bonchev–Trinajstić information content (AvgIpc) is 3.15. The summed E-state index contributed by atoms with van der Waals surface area (Å²) in [7, 11) is 3.83. The van der Waals surface area contributed by atoms with E-state index in [0.717, 1.165) is 17.9 Å². The summed E-state index contributed by atoms with van der Waals surface area (Å²) in [6.45, 7) is 4.03.